The van der Waals surface area contributed by atoms with Gasteiger partial charge in [-0.2, -0.15) is 11.8 Å². The minimum atomic E-state index is 0.118. The first-order valence-electron chi connectivity index (χ1n) is 6.81. The lowest BCUT2D eigenvalue weighted by molar-refractivity contribution is 0.0988. The molecule has 1 atom stereocenters. The third kappa shape index (κ3) is 3.44. The predicted octanol–water partition coefficient (Wildman–Crippen LogP) is 3.56. The molecule has 1 aromatic carbocycles. The average Bonchev–Trinajstić information content (AvgIpc) is 2.94. The number of carbonyl (C=O) groups is 1. The van der Waals surface area contributed by atoms with Crippen LogP contribution in [0, 0.1) is 0 Å². The fraction of sp³-hybridized carbons (Fsp3) is 0.533. The minimum absolute atomic E-state index is 0.118. The van der Waals surface area contributed by atoms with Gasteiger partial charge in [-0.3, -0.25) is 4.79 Å². The third-order valence-electron chi connectivity index (χ3n) is 3.05. The Labute approximate surface area is 118 Å². The number of carbonyl (C=O) groups excluding carboxylic acids is 1. The second kappa shape index (κ2) is 6.85. The highest BCUT2D eigenvalue weighted by Crippen LogP contribution is 2.33. The van der Waals surface area contributed by atoms with Gasteiger partial charge >= 0.3 is 0 Å². The number of thioether (sulfide) groups is 1. The summed E-state index contributed by atoms with van der Waals surface area (Å²) in [4.78, 5) is 12.4. The Morgan fingerprint density at radius 1 is 1.26 bits per heavy atom. The lowest BCUT2D eigenvalue weighted by Crippen LogP contribution is -2.14. The van der Waals surface area contributed by atoms with Gasteiger partial charge < -0.3 is 9.47 Å². The van der Waals surface area contributed by atoms with Crippen LogP contribution in [-0.2, 0) is 0 Å². The summed E-state index contributed by atoms with van der Waals surface area (Å²) in [6.07, 6.45) is 2.12. The Balaban J connectivity index is 2.21. The summed E-state index contributed by atoms with van der Waals surface area (Å²) in [5.74, 6) is 2.68. The lowest BCUT2D eigenvalue weighted by atomic mass is 10.0. The van der Waals surface area contributed by atoms with Crippen molar-refractivity contribution < 1.29 is 14.3 Å². The van der Waals surface area contributed by atoms with Crippen molar-refractivity contribution in [3.63, 3.8) is 0 Å². The molecule has 0 aromatic heterocycles. The molecule has 0 amide bonds. The van der Waals surface area contributed by atoms with Crippen molar-refractivity contribution >= 4 is 17.5 Å². The van der Waals surface area contributed by atoms with E-state index in [1.165, 1.54) is 0 Å². The van der Waals surface area contributed by atoms with E-state index in [0.717, 1.165) is 24.2 Å². The zero-order chi connectivity index (χ0) is 13.7. The summed E-state index contributed by atoms with van der Waals surface area (Å²) < 4.78 is 11.1. The first-order valence-corrected chi connectivity index (χ1v) is 7.86. The van der Waals surface area contributed by atoms with Gasteiger partial charge in [0, 0.05) is 5.56 Å². The number of ether oxygens (including phenoxy) is 2. The van der Waals surface area contributed by atoms with Crippen molar-refractivity contribution in [2.75, 3.05) is 19.0 Å². The monoisotopic (exact) mass is 280 g/mol. The first kappa shape index (κ1) is 14.3. The summed E-state index contributed by atoms with van der Waals surface area (Å²) in [5.41, 5.74) is 0.728. The van der Waals surface area contributed by atoms with E-state index >= 15 is 0 Å². The summed E-state index contributed by atoms with van der Waals surface area (Å²) >= 11 is 1.76. The van der Waals surface area contributed by atoms with Crippen molar-refractivity contribution in [3.05, 3.63) is 23.8 Å². The van der Waals surface area contributed by atoms with Crippen LogP contribution < -0.4 is 9.47 Å². The van der Waals surface area contributed by atoms with Crippen LogP contribution in [0.5, 0.6) is 11.5 Å². The van der Waals surface area contributed by atoms with E-state index in [4.69, 9.17) is 9.47 Å². The third-order valence-corrected chi connectivity index (χ3v) is 4.43. The highest BCUT2D eigenvalue weighted by Gasteiger charge is 2.25. The number of Topliss-reactive ketones (excluding diaryl/α,β-unsaturated/α-hetero) is 1. The standard InChI is InChI=1S/C15H20O3S/c1-3-17-12-8-7-11(10-13(12)18-4-2)15(16)14-6-5-9-19-14/h7-8,10,14H,3-6,9H2,1-2H3. The number of benzene rings is 1. The van der Waals surface area contributed by atoms with Crippen LogP contribution in [0.2, 0.25) is 0 Å². The molecule has 3 nitrogen and oxygen atoms in total. The summed E-state index contributed by atoms with van der Waals surface area (Å²) in [6.45, 7) is 5.02. The molecule has 1 aliphatic heterocycles. The number of hydrogen-bond acceptors (Lipinski definition) is 4. The Morgan fingerprint density at radius 2 is 2.00 bits per heavy atom. The van der Waals surface area contributed by atoms with E-state index in [2.05, 4.69) is 0 Å². The van der Waals surface area contributed by atoms with Crippen LogP contribution in [0.3, 0.4) is 0 Å². The van der Waals surface area contributed by atoms with E-state index in [0.29, 0.717) is 24.7 Å². The normalized spacial score (nSPS) is 18.3. The smallest absolute Gasteiger partial charge is 0.175 e. The first-order chi connectivity index (χ1) is 9.26. The zero-order valence-corrected chi connectivity index (χ0v) is 12.3. The zero-order valence-electron chi connectivity index (χ0n) is 11.5. The molecule has 0 spiro atoms. The maximum Gasteiger partial charge on any atom is 0.175 e. The van der Waals surface area contributed by atoms with Crippen LogP contribution in [0.15, 0.2) is 18.2 Å². The fourth-order valence-electron chi connectivity index (χ4n) is 2.17. The van der Waals surface area contributed by atoms with Crippen LogP contribution >= 0.6 is 11.8 Å². The van der Waals surface area contributed by atoms with Gasteiger partial charge in [0.25, 0.3) is 0 Å². The minimum Gasteiger partial charge on any atom is -0.490 e. The quantitative estimate of drug-likeness (QED) is 0.746. The molecule has 1 saturated heterocycles. The predicted molar refractivity (Wildman–Crippen MR) is 78.6 cm³/mol. The molecular formula is C15H20O3S. The molecule has 0 aliphatic carbocycles. The van der Waals surface area contributed by atoms with Gasteiger partial charge in [-0.25, -0.2) is 0 Å². The number of ketones is 1. The van der Waals surface area contributed by atoms with E-state index in [-0.39, 0.29) is 11.0 Å². The molecule has 1 heterocycles. The molecule has 0 radical (unpaired) electrons. The van der Waals surface area contributed by atoms with E-state index < -0.39 is 0 Å². The molecule has 0 saturated carbocycles. The van der Waals surface area contributed by atoms with Gasteiger partial charge in [0.1, 0.15) is 0 Å². The van der Waals surface area contributed by atoms with Gasteiger partial charge in [-0.1, -0.05) is 0 Å². The molecule has 104 valence electrons. The highest BCUT2D eigenvalue weighted by atomic mass is 32.2. The van der Waals surface area contributed by atoms with Crippen molar-refractivity contribution in [3.8, 4) is 11.5 Å². The molecular weight excluding hydrogens is 260 g/mol. The van der Waals surface area contributed by atoms with Crippen LogP contribution in [0.25, 0.3) is 0 Å². The number of rotatable bonds is 6. The Morgan fingerprint density at radius 3 is 2.63 bits per heavy atom. The fourth-order valence-corrected chi connectivity index (χ4v) is 3.41. The molecule has 1 unspecified atom stereocenters. The van der Waals surface area contributed by atoms with Crippen molar-refractivity contribution in [2.45, 2.75) is 31.9 Å². The molecule has 19 heavy (non-hydrogen) atoms. The SMILES string of the molecule is CCOc1ccc(C(=O)C2CCCS2)cc1OCC. The Kier molecular flexibility index (Phi) is 5.14. The molecule has 2 rings (SSSR count). The van der Waals surface area contributed by atoms with Crippen molar-refractivity contribution in [1.82, 2.24) is 0 Å². The molecule has 0 N–H and O–H groups in total. The van der Waals surface area contributed by atoms with Gasteiger partial charge in [-0.15, -0.1) is 0 Å². The Bertz CT molecular complexity index is 439. The maximum absolute atomic E-state index is 12.4. The number of hydrogen-bond donors (Lipinski definition) is 0. The molecule has 1 aliphatic rings. The van der Waals surface area contributed by atoms with E-state index in [1.54, 1.807) is 11.8 Å². The van der Waals surface area contributed by atoms with Gasteiger partial charge in [-0.05, 0) is 50.6 Å². The van der Waals surface area contributed by atoms with Crippen LogP contribution in [-0.4, -0.2) is 30.0 Å². The van der Waals surface area contributed by atoms with Gasteiger partial charge in [0.05, 0.1) is 18.5 Å². The second-order valence-corrected chi connectivity index (χ2v) is 5.70. The van der Waals surface area contributed by atoms with Gasteiger partial charge in [0.2, 0.25) is 0 Å². The molecule has 4 heteroatoms. The van der Waals surface area contributed by atoms with Crippen molar-refractivity contribution in [1.29, 1.82) is 0 Å². The summed E-state index contributed by atoms with van der Waals surface area (Å²) in [6, 6.07) is 5.49. The van der Waals surface area contributed by atoms with Gasteiger partial charge in [0.15, 0.2) is 17.3 Å². The van der Waals surface area contributed by atoms with E-state index in [1.807, 2.05) is 32.0 Å². The highest BCUT2D eigenvalue weighted by molar-refractivity contribution is 8.00. The Hall–Kier alpha value is -1.16. The average molecular weight is 280 g/mol. The van der Waals surface area contributed by atoms with Crippen LogP contribution in [0.1, 0.15) is 37.0 Å². The summed E-state index contributed by atoms with van der Waals surface area (Å²) in [5, 5.41) is 0.118. The topological polar surface area (TPSA) is 35.5 Å². The van der Waals surface area contributed by atoms with Crippen LogP contribution in [0.4, 0.5) is 0 Å². The van der Waals surface area contributed by atoms with Crippen molar-refractivity contribution in [2.24, 2.45) is 0 Å². The maximum atomic E-state index is 12.4. The lowest BCUT2D eigenvalue weighted by Gasteiger charge is -2.13. The largest absolute Gasteiger partial charge is 0.490 e. The molecule has 1 fully saturated rings. The summed E-state index contributed by atoms with van der Waals surface area (Å²) in [7, 11) is 0. The molecule has 0 bridgehead atoms. The second-order valence-electron chi connectivity index (χ2n) is 4.39. The molecule has 1 aromatic rings. The van der Waals surface area contributed by atoms with E-state index in [9.17, 15) is 4.79 Å².